The molecule has 0 rings (SSSR count). The monoisotopic (exact) mass is 404 g/mol. The summed E-state index contributed by atoms with van der Waals surface area (Å²) in [4.78, 5) is 9.47. The first-order valence-corrected chi connectivity index (χ1v) is 10.7. The van der Waals surface area contributed by atoms with E-state index in [1.165, 1.54) is 0 Å². The Morgan fingerprint density at radius 1 is 0.250 bits per heavy atom. The van der Waals surface area contributed by atoms with Crippen LogP contribution in [0.2, 0.25) is 0 Å². The van der Waals surface area contributed by atoms with E-state index in [2.05, 4.69) is 19.6 Å². The molecule has 0 atom stereocenters. The maximum absolute atomic E-state index is 5.82. The van der Waals surface area contributed by atoms with Gasteiger partial charge in [0.15, 0.2) is 0 Å². The van der Waals surface area contributed by atoms with Crippen molar-refractivity contribution in [1.82, 2.24) is 19.6 Å². The summed E-state index contributed by atoms with van der Waals surface area (Å²) >= 11 is 0. The second-order valence-corrected chi connectivity index (χ2v) is 7.10. The summed E-state index contributed by atoms with van der Waals surface area (Å²) < 4.78 is 0. The Bertz CT molecular complexity index is 279. The molecule has 0 radical (unpaired) electrons. The van der Waals surface area contributed by atoms with E-state index in [4.69, 9.17) is 34.4 Å². The molecule has 170 valence electrons. The van der Waals surface area contributed by atoms with Gasteiger partial charge < -0.3 is 34.4 Å². The molecule has 0 aliphatic carbocycles. The van der Waals surface area contributed by atoms with Crippen molar-refractivity contribution in [2.45, 2.75) is 0 Å². The van der Waals surface area contributed by atoms with E-state index in [1.807, 2.05) is 0 Å². The first kappa shape index (κ1) is 27.6. The number of nitrogens with zero attached hydrogens (tertiary/aromatic N) is 4. The van der Waals surface area contributed by atoms with Crippen molar-refractivity contribution in [3.63, 3.8) is 0 Å². The normalized spacial score (nSPS) is 12.2. The molecule has 10 nitrogen and oxygen atoms in total. The van der Waals surface area contributed by atoms with Crippen molar-refractivity contribution in [2.24, 2.45) is 34.4 Å². The van der Waals surface area contributed by atoms with E-state index >= 15 is 0 Å². The molecule has 0 aromatic rings. The number of rotatable bonds is 21. The maximum atomic E-state index is 5.82. The van der Waals surface area contributed by atoms with Gasteiger partial charge in [0.2, 0.25) is 0 Å². The molecule has 12 N–H and O–H groups in total. The third-order valence-corrected chi connectivity index (χ3v) is 4.87. The van der Waals surface area contributed by atoms with Crippen molar-refractivity contribution >= 4 is 0 Å². The number of hydrogen-bond acceptors (Lipinski definition) is 10. The Balaban J connectivity index is 4.49. The van der Waals surface area contributed by atoms with Gasteiger partial charge in [0, 0.05) is 118 Å². The molecule has 0 unspecified atom stereocenters. The van der Waals surface area contributed by atoms with Gasteiger partial charge in [0.05, 0.1) is 0 Å². The van der Waals surface area contributed by atoms with Crippen LogP contribution in [0, 0.1) is 0 Å². The molecular weight excluding hydrogens is 356 g/mol. The standard InChI is InChI=1S/C18H48N10/c19-1-7-25(8-2-20)13-15-27(11-5-23)17-18-28(12-6-24)16-14-26(9-3-21)10-4-22/h1-24H2. The molecule has 0 aromatic carbocycles. The van der Waals surface area contributed by atoms with Crippen molar-refractivity contribution in [3.8, 4) is 0 Å². The Morgan fingerprint density at radius 3 is 0.536 bits per heavy atom. The van der Waals surface area contributed by atoms with E-state index in [9.17, 15) is 0 Å². The highest BCUT2D eigenvalue weighted by atomic mass is 15.2. The molecule has 10 heteroatoms. The predicted octanol–water partition coefficient (Wildman–Crippen LogP) is -4.05. The summed E-state index contributed by atoms with van der Waals surface area (Å²) in [5.74, 6) is 0. The van der Waals surface area contributed by atoms with Gasteiger partial charge >= 0.3 is 0 Å². The van der Waals surface area contributed by atoms with E-state index in [0.717, 1.165) is 78.5 Å². The summed E-state index contributed by atoms with van der Waals surface area (Å²) in [7, 11) is 0. The zero-order valence-electron chi connectivity index (χ0n) is 18.0. The first-order chi connectivity index (χ1) is 13.6. The smallest absolute Gasteiger partial charge is 0.0110 e. The second-order valence-electron chi connectivity index (χ2n) is 7.10. The van der Waals surface area contributed by atoms with E-state index in [1.54, 1.807) is 0 Å². The minimum atomic E-state index is 0.656. The van der Waals surface area contributed by atoms with Gasteiger partial charge in [-0.3, -0.25) is 19.6 Å². The summed E-state index contributed by atoms with van der Waals surface area (Å²) in [6.45, 7) is 15.1. The van der Waals surface area contributed by atoms with Crippen LogP contribution in [0.15, 0.2) is 0 Å². The maximum Gasteiger partial charge on any atom is 0.0110 e. The molecular formula is C18H48N10. The van der Waals surface area contributed by atoms with Crippen LogP contribution >= 0.6 is 0 Å². The van der Waals surface area contributed by atoms with Crippen LogP contribution in [-0.2, 0) is 0 Å². The highest BCUT2D eigenvalue weighted by Crippen LogP contribution is 1.96. The van der Waals surface area contributed by atoms with Crippen LogP contribution in [-0.4, -0.2) is 137 Å². The second kappa shape index (κ2) is 19.9. The van der Waals surface area contributed by atoms with Crippen LogP contribution in [0.4, 0.5) is 0 Å². The fraction of sp³-hybridized carbons (Fsp3) is 1.00. The average Bonchev–Trinajstić information content (AvgIpc) is 2.68. The van der Waals surface area contributed by atoms with Gasteiger partial charge in [0.1, 0.15) is 0 Å². The van der Waals surface area contributed by atoms with Gasteiger partial charge in [-0.15, -0.1) is 0 Å². The van der Waals surface area contributed by atoms with E-state index in [-0.39, 0.29) is 0 Å². The molecule has 28 heavy (non-hydrogen) atoms. The lowest BCUT2D eigenvalue weighted by Crippen LogP contribution is -2.46. The third-order valence-electron chi connectivity index (χ3n) is 4.87. The minimum absolute atomic E-state index is 0.656. The van der Waals surface area contributed by atoms with Crippen LogP contribution in [0.5, 0.6) is 0 Å². The van der Waals surface area contributed by atoms with Gasteiger partial charge in [-0.05, 0) is 0 Å². The molecule has 0 spiro atoms. The van der Waals surface area contributed by atoms with Crippen LogP contribution in [0.25, 0.3) is 0 Å². The lowest BCUT2D eigenvalue weighted by molar-refractivity contribution is 0.168. The lowest BCUT2D eigenvalue weighted by Gasteiger charge is -2.31. The quantitative estimate of drug-likeness (QED) is 0.111. The van der Waals surface area contributed by atoms with Crippen molar-refractivity contribution in [1.29, 1.82) is 0 Å². The SMILES string of the molecule is NCCN(CCN)CCN(CCN)CCN(CCN)CCN(CCN)CCN. The zero-order chi connectivity index (χ0) is 21.0. The Hall–Kier alpha value is -0.400. The van der Waals surface area contributed by atoms with Crippen molar-refractivity contribution in [3.05, 3.63) is 0 Å². The molecule has 0 fully saturated rings. The van der Waals surface area contributed by atoms with Crippen LogP contribution in [0.1, 0.15) is 0 Å². The van der Waals surface area contributed by atoms with Gasteiger partial charge in [-0.25, -0.2) is 0 Å². The number of nitrogens with two attached hydrogens (primary N) is 6. The van der Waals surface area contributed by atoms with Crippen molar-refractivity contribution in [2.75, 3.05) is 118 Å². The molecule has 0 saturated heterocycles. The molecule has 0 saturated carbocycles. The lowest BCUT2D eigenvalue weighted by atomic mass is 10.3. The van der Waals surface area contributed by atoms with E-state index in [0.29, 0.717) is 39.3 Å². The summed E-state index contributed by atoms with van der Waals surface area (Å²) in [5.41, 5.74) is 34.5. The van der Waals surface area contributed by atoms with Crippen LogP contribution < -0.4 is 34.4 Å². The molecule has 0 aliphatic heterocycles. The van der Waals surface area contributed by atoms with Crippen molar-refractivity contribution < 1.29 is 0 Å². The molecule has 0 amide bonds. The van der Waals surface area contributed by atoms with Gasteiger partial charge in [-0.1, -0.05) is 0 Å². The largest absolute Gasteiger partial charge is 0.329 e. The fourth-order valence-electron chi connectivity index (χ4n) is 3.29. The summed E-state index contributed by atoms with van der Waals surface area (Å²) in [5, 5.41) is 0. The Morgan fingerprint density at radius 2 is 0.393 bits per heavy atom. The molecule has 0 aliphatic rings. The molecule has 0 bridgehead atoms. The summed E-state index contributed by atoms with van der Waals surface area (Å²) in [6, 6.07) is 0. The Kier molecular flexibility index (Phi) is 19.6. The zero-order valence-corrected chi connectivity index (χ0v) is 18.0. The summed E-state index contributed by atoms with van der Waals surface area (Å²) in [6.07, 6.45) is 0. The predicted molar refractivity (Wildman–Crippen MR) is 120 cm³/mol. The third kappa shape index (κ3) is 14.6. The average molecular weight is 405 g/mol. The fourth-order valence-corrected chi connectivity index (χ4v) is 3.29. The van der Waals surface area contributed by atoms with Gasteiger partial charge in [0.25, 0.3) is 0 Å². The highest BCUT2D eigenvalue weighted by molar-refractivity contribution is 4.70. The molecule has 0 heterocycles. The van der Waals surface area contributed by atoms with Gasteiger partial charge in [-0.2, -0.15) is 0 Å². The molecule has 0 aromatic heterocycles. The minimum Gasteiger partial charge on any atom is -0.329 e. The highest BCUT2D eigenvalue weighted by Gasteiger charge is 2.12. The number of hydrogen-bond donors (Lipinski definition) is 6. The Labute approximate surface area is 172 Å². The van der Waals surface area contributed by atoms with E-state index < -0.39 is 0 Å². The first-order valence-electron chi connectivity index (χ1n) is 10.7. The van der Waals surface area contributed by atoms with Crippen LogP contribution in [0.3, 0.4) is 0 Å². The topological polar surface area (TPSA) is 169 Å².